The highest BCUT2D eigenvalue weighted by atomic mass is 16.2. The van der Waals surface area contributed by atoms with Crippen LogP contribution in [-0.4, -0.2) is 74.1 Å². The molecule has 0 radical (unpaired) electrons. The van der Waals surface area contributed by atoms with Crippen LogP contribution in [-0.2, 0) is 4.79 Å². The second-order valence-electron chi connectivity index (χ2n) is 8.18. The number of amides is 1. The minimum absolute atomic E-state index is 0.0751. The van der Waals surface area contributed by atoms with Gasteiger partial charge in [0, 0.05) is 51.5 Å². The lowest BCUT2D eigenvalue weighted by molar-refractivity contribution is -0.122. The highest BCUT2D eigenvalue weighted by Crippen LogP contribution is 2.28. The van der Waals surface area contributed by atoms with Gasteiger partial charge < -0.3 is 15.1 Å². The lowest BCUT2D eigenvalue weighted by Crippen LogP contribution is -2.54. The molecule has 4 rings (SSSR count). The van der Waals surface area contributed by atoms with E-state index in [1.54, 1.807) is 0 Å². The van der Waals surface area contributed by atoms with Crippen molar-refractivity contribution in [2.75, 3.05) is 57.3 Å². The smallest absolute Gasteiger partial charge is 0.244 e. The SMILES string of the molecule is CC1(CN2CCN(C3CCN(c4ccccc4)C3=O)CC2)CCNC1. The van der Waals surface area contributed by atoms with Crippen LogP contribution in [0.1, 0.15) is 19.8 Å². The van der Waals surface area contributed by atoms with Crippen LogP contribution in [0.3, 0.4) is 0 Å². The normalized spacial score (nSPS) is 31.8. The van der Waals surface area contributed by atoms with E-state index in [0.717, 1.165) is 57.9 Å². The first-order valence-corrected chi connectivity index (χ1v) is 9.68. The molecule has 1 N–H and O–H groups in total. The van der Waals surface area contributed by atoms with Gasteiger partial charge >= 0.3 is 0 Å². The lowest BCUT2D eigenvalue weighted by atomic mass is 9.89. The van der Waals surface area contributed by atoms with Crippen LogP contribution in [0.15, 0.2) is 30.3 Å². The molecule has 3 aliphatic rings. The quantitative estimate of drug-likeness (QED) is 0.898. The number of hydrogen-bond donors (Lipinski definition) is 1. The largest absolute Gasteiger partial charge is 0.316 e. The number of rotatable bonds is 4. The first kappa shape index (κ1) is 17.0. The predicted octanol–water partition coefficient (Wildman–Crippen LogP) is 1.41. The molecule has 3 saturated heterocycles. The van der Waals surface area contributed by atoms with Crippen LogP contribution in [0, 0.1) is 5.41 Å². The van der Waals surface area contributed by atoms with Gasteiger partial charge in [0.1, 0.15) is 0 Å². The Morgan fingerprint density at radius 3 is 2.56 bits per heavy atom. The number of carbonyl (C=O) groups excluding carboxylic acids is 1. The van der Waals surface area contributed by atoms with Gasteiger partial charge in [0.15, 0.2) is 0 Å². The summed E-state index contributed by atoms with van der Waals surface area (Å²) in [6, 6.07) is 10.2. The standard InChI is InChI=1S/C20H30N4O/c1-20(8-9-21-15-20)16-22-11-13-23(14-12-22)18-7-10-24(19(18)25)17-5-3-2-4-6-17/h2-6,18,21H,7-16H2,1H3. The summed E-state index contributed by atoms with van der Waals surface area (Å²) in [5.41, 5.74) is 1.46. The Bertz CT molecular complexity index is 591. The van der Waals surface area contributed by atoms with Crippen molar-refractivity contribution in [1.82, 2.24) is 15.1 Å². The van der Waals surface area contributed by atoms with Crippen molar-refractivity contribution in [1.29, 1.82) is 0 Å². The lowest BCUT2D eigenvalue weighted by Gasteiger charge is -2.40. The van der Waals surface area contributed by atoms with Gasteiger partial charge in [-0.2, -0.15) is 0 Å². The highest BCUT2D eigenvalue weighted by molar-refractivity contribution is 5.99. The van der Waals surface area contributed by atoms with Crippen LogP contribution in [0.25, 0.3) is 0 Å². The van der Waals surface area contributed by atoms with E-state index in [-0.39, 0.29) is 11.9 Å². The number of benzene rings is 1. The molecule has 1 amide bonds. The third-order valence-electron chi connectivity index (χ3n) is 6.16. The molecule has 0 aliphatic carbocycles. The number of para-hydroxylation sites is 1. The number of hydrogen-bond acceptors (Lipinski definition) is 4. The van der Waals surface area contributed by atoms with Crippen molar-refractivity contribution in [3.05, 3.63) is 30.3 Å². The fourth-order valence-corrected chi connectivity index (χ4v) is 4.64. The molecule has 5 heteroatoms. The van der Waals surface area contributed by atoms with E-state index < -0.39 is 0 Å². The monoisotopic (exact) mass is 342 g/mol. The minimum atomic E-state index is 0.0751. The second-order valence-corrected chi connectivity index (χ2v) is 8.18. The zero-order valence-electron chi connectivity index (χ0n) is 15.3. The molecule has 3 heterocycles. The molecule has 0 bridgehead atoms. The average molecular weight is 342 g/mol. The molecule has 0 saturated carbocycles. The van der Waals surface area contributed by atoms with Crippen molar-refractivity contribution in [3.63, 3.8) is 0 Å². The Labute approximate surface area is 151 Å². The maximum atomic E-state index is 12.9. The Morgan fingerprint density at radius 1 is 1.12 bits per heavy atom. The van der Waals surface area contributed by atoms with Gasteiger partial charge in [-0.05, 0) is 36.9 Å². The minimum Gasteiger partial charge on any atom is -0.316 e. The van der Waals surface area contributed by atoms with E-state index in [9.17, 15) is 4.79 Å². The van der Waals surface area contributed by atoms with E-state index in [2.05, 4.69) is 22.0 Å². The topological polar surface area (TPSA) is 38.8 Å². The van der Waals surface area contributed by atoms with Crippen LogP contribution in [0.5, 0.6) is 0 Å². The van der Waals surface area contributed by atoms with E-state index in [4.69, 9.17) is 0 Å². The van der Waals surface area contributed by atoms with Crippen LogP contribution in [0.4, 0.5) is 5.69 Å². The van der Waals surface area contributed by atoms with Crippen LogP contribution >= 0.6 is 0 Å². The summed E-state index contributed by atoms with van der Waals surface area (Å²) in [4.78, 5) is 19.8. The number of carbonyl (C=O) groups is 1. The third-order valence-corrected chi connectivity index (χ3v) is 6.16. The summed E-state index contributed by atoms with van der Waals surface area (Å²) in [6.07, 6.45) is 2.23. The molecule has 0 spiro atoms. The van der Waals surface area contributed by atoms with E-state index >= 15 is 0 Å². The van der Waals surface area contributed by atoms with Crippen molar-refractivity contribution in [2.45, 2.75) is 25.8 Å². The Kier molecular flexibility index (Phi) is 4.80. The molecule has 1 aromatic carbocycles. The van der Waals surface area contributed by atoms with Crippen molar-refractivity contribution in [3.8, 4) is 0 Å². The summed E-state index contributed by atoms with van der Waals surface area (Å²) < 4.78 is 0. The van der Waals surface area contributed by atoms with Crippen molar-refractivity contribution in [2.24, 2.45) is 5.41 Å². The fourth-order valence-electron chi connectivity index (χ4n) is 4.64. The van der Waals surface area contributed by atoms with Gasteiger partial charge in [0.05, 0.1) is 6.04 Å². The van der Waals surface area contributed by atoms with Gasteiger partial charge in [-0.15, -0.1) is 0 Å². The van der Waals surface area contributed by atoms with Crippen LogP contribution < -0.4 is 10.2 Å². The number of anilines is 1. The molecular weight excluding hydrogens is 312 g/mol. The third kappa shape index (κ3) is 3.59. The van der Waals surface area contributed by atoms with E-state index in [1.807, 2.05) is 35.2 Å². The molecule has 25 heavy (non-hydrogen) atoms. The van der Waals surface area contributed by atoms with Crippen molar-refractivity contribution >= 4 is 11.6 Å². The molecule has 1 aromatic rings. The predicted molar refractivity (Wildman–Crippen MR) is 101 cm³/mol. The molecule has 3 aliphatic heterocycles. The number of nitrogens with zero attached hydrogens (tertiary/aromatic N) is 3. The van der Waals surface area contributed by atoms with Gasteiger partial charge in [-0.3, -0.25) is 9.69 Å². The number of piperazine rings is 1. The maximum Gasteiger partial charge on any atom is 0.244 e. The van der Waals surface area contributed by atoms with Gasteiger partial charge in [0.2, 0.25) is 5.91 Å². The van der Waals surface area contributed by atoms with Crippen molar-refractivity contribution < 1.29 is 4.79 Å². The summed E-state index contributed by atoms with van der Waals surface area (Å²) in [6.45, 7) is 10.9. The molecule has 0 aromatic heterocycles. The first-order chi connectivity index (χ1) is 12.1. The summed E-state index contributed by atoms with van der Waals surface area (Å²) in [7, 11) is 0. The summed E-state index contributed by atoms with van der Waals surface area (Å²) in [5, 5.41) is 3.49. The molecular formula is C20H30N4O. The average Bonchev–Trinajstić information content (AvgIpc) is 3.23. The zero-order chi connectivity index (χ0) is 17.3. The zero-order valence-corrected chi connectivity index (χ0v) is 15.3. The molecule has 3 fully saturated rings. The summed E-state index contributed by atoms with van der Waals surface area (Å²) in [5.74, 6) is 0.284. The Morgan fingerprint density at radius 2 is 1.88 bits per heavy atom. The molecule has 2 unspecified atom stereocenters. The molecule has 2 atom stereocenters. The Hall–Kier alpha value is -1.43. The van der Waals surface area contributed by atoms with E-state index in [1.165, 1.54) is 13.0 Å². The number of nitrogens with one attached hydrogen (secondary N) is 1. The highest BCUT2D eigenvalue weighted by Gasteiger charge is 2.38. The van der Waals surface area contributed by atoms with Crippen LogP contribution in [0.2, 0.25) is 0 Å². The van der Waals surface area contributed by atoms with Gasteiger partial charge in [-0.1, -0.05) is 25.1 Å². The summed E-state index contributed by atoms with van der Waals surface area (Å²) >= 11 is 0. The molecule has 5 nitrogen and oxygen atoms in total. The maximum absolute atomic E-state index is 12.9. The van der Waals surface area contributed by atoms with Gasteiger partial charge in [-0.25, -0.2) is 0 Å². The fraction of sp³-hybridized carbons (Fsp3) is 0.650. The van der Waals surface area contributed by atoms with E-state index in [0.29, 0.717) is 5.41 Å². The molecule has 136 valence electrons. The van der Waals surface area contributed by atoms with Gasteiger partial charge in [0.25, 0.3) is 0 Å². The first-order valence-electron chi connectivity index (χ1n) is 9.68. The second kappa shape index (κ2) is 7.06. The Balaban J connectivity index is 1.31.